The van der Waals surface area contributed by atoms with E-state index in [1.807, 2.05) is 72.8 Å². The van der Waals surface area contributed by atoms with Gasteiger partial charge in [-0.1, -0.05) is 60.7 Å². The van der Waals surface area contributed by atoms with E-state index in [1.54, 1.807) is 0 Å². The molecule has 10 heteroatoms. The zero-order chi connectivity index (χ0) is 41.1. The van der Waals surface area contributed by atoms with Gasteiger partial charge in [-0.3, -0.25) is 0 Å². The first-order valence-electron chi connectivity index (χ1n) is 21.6. The maximum atomic E-state index is 6.81. The number of benzene rings is 9. The van der Waals surface area contributed by atoms with Crippen molar-refractivity contribution in [3.05, 3.63) is 158 Å². The summed E-state index contributed by atoms with van der Waals surface area (Å²) in [6.45, 7) is -0.108. The lowest BCUT2D eigenvalue weighted by atomic mass is 9.34. The Hall–Kier alpha value is -8.49. The first kappa shape index (κ1) is 32.3. The van der Waals surface area contributed by atoms with Crippen molar-refractivity contribution in [1.29, 1.82) is 0 Å². The third-order valence-electron chi connectivity index (χ3n) is 14.3. The molecule has 0 amide bonds. The van der Waals surface area contributed by atoms with Crippen LogP contribution in [-0.4, -0.2) is 22.6 Å². The van der Waals surface area contributed by atoms with E-state index in [2.05, 4.69) is 94.1 Å². The summed E-state index contributed by atoms with van der Waals surface area (Å²) in [6.07, 6.45) is 0. The summed E-state index contributed by atoms with van der Waals surface area (Å²) < 4.78 is 44.8. The van der Waals surface area contributed by atoms with Crippen LogP contribution in [0.15, 0.2) is 158 Å². The predicted molar refractivity (Wildman–Crippen MR) is 251 cm³/mol. The van der Waals surface area contributed by atoms with Crippen LogP contribution in [0.2, 0.25) is 0 Å². The molecule has 2 aromatic heterocycles. The average Bonchev–Trinajstić information content (AvgIpc) is 3.82. The Morgan fingerprint density at radius 2 is 0.531 bits per heavy atom. The molecule has 0 aliphatic carbocycles. The normalized spacial score (nSPS) is 14.3. The van der Waals surface area contributed by atoms with Gasteiger partial charge in [-0.05, 0) is 72.8 Å². The van der Waals surface area contributed by atoms with Gasteiger partial charge in [0.1, 0.15) is 69.0 Å². The van der Waals surface area contributed by atoms with Gasteiger partial charge in [-0.2, -0.15) is 0 Å². The van der Waals surface area contributed by atoms with Crippen molar-refractivity contribution in [1.82, 2.24) is 9.13 Å². The minimum atomic E-state index is -0.0540. The lowest BCUT2D eigenvalue weighted by Gasteiger charge is -2.37. The summed E-state index contributed by atoms with van der Waals surface area (Å²) >= 11 is 0. The van der Waals surface area contributed by atoms with Gasteiger partial charge in [0.05, 0.1) is 33.4 Å². The minimum Gasteiger partial charge on any atom is -0.458 e. The van der Waals surface area contributed by atoms with E-state index in [1.165, 1.54) is 0 Å². The van der Waals surface area contributed by atoms with E-state index < -0.39 is 0 Å². The zero-order valence-corrected chi connectivity index (χ0v) is 33.5. The van der Waals surface area contributed by atoms with Crippen LogP contribution in [0.3, 0.4) is 0 Å². The predicted octanol–water partition coefficient (Wildman–Crippen LogP) is 9.55. The van der Waals surface area contributed by atoms with Gasteiger partial charge < -0.3 is 37.6 Å². The number of para-hydroxylation sites is 2. The molecule has 8 nitrogen and oxygen atoms in total. The van der Waals surface area contributed by atoms with Gasteiger partial charge in [0.25, 0.3) is 13.4 Å². The molecule has 64 heavy (non-hydrogen) atoms. The molecule has 0 saturated heterocycles. The summed E-state index contributed by atoms with van der Waals surface area (Å²) in [7, 11) is 0. The third-order valence-corrected chi connectivity index (χ3v) is 14.3. The summed E-state index contributed by atoms with van der Waals surface area (Å²) in [6, 6.07) is 55.0. The summed E-state index contributed by atoms with van der Waals surface area (Å²) in [5, 5.41) is 4.55. The van der Waals surface area contributed by atoms with E-state index in [0.717, 1.165) is 157 Å². The van der Waals surface area contributed by atoms with Crippen LogP contribution in [0, 0.1) is 0 Å². The van der Waals surface area contributed by atoms with E-state index in [0.29, 0.717) is 0 Å². The van der Waals surface area contributed by atoms with Gasteiger partial charge in [-0.25, -0.2) is 0 Å². The molecule has 0 radical (unpaired) electrons. The molecular weight excluding hydrogens is 794 g/mol. The number of aromatic nitrogens is 2. The second-order valence-electron chi connectivity index (χ2n) is 17.5. The van der Waals surface area contributed by atoms with E-state index in [-0.39, 0.29) is 13.4 Å². The van der Waals surface area contributed by atoms with E-state index >= 15 is 0 Å². The highest BCUT2D eigenvalue weighted by atomic mass is 16.5. The Bertz CT molecular complexity index is 3660. The van der Waals surface area contributed by atoms with Crippen LogP contribution in [0.4, 0.5) is 0 Å². The lowest BCUT2D eigenvalue weighted by Crippen LogP contribution is -2.59. The Morgan fingerprint density at radius 3 is 0.859 bits per heavy atom. The molecule has 0 saturated carbocycles. The van der Waals surface area contributed by atoms with Crippen LogP contribution in [-0.2, 0) is 0 Å². The first-order chi connectivity index (χ1) is 31.7. The topological polar surface area (TPSA) is 65.2 Å². The lowest BCUT2D eigenvalue weighted by molar-refractivity contribution is 0.442. The number of nitrogens with zero attached hydrogens (tertiary/aromatic N) is 2. The summed E-state index contributed by atoms with van der Waals surface area (Å²) in [4.78, 5) is 0. The molecule has 9 aromatic carbocycles. The van der Waals surface area contributed by atoms with Crippen molar-refractivity contribution in [2.24, 2.45) is 0 Å². The maximum Gasteiger partial charge on any atom is 0.270 e. The Labute approximate surface area is 364 Å². The number of rotatable bonds is 2. The molecule has 17 rings (SSSR count). The molecule has 294 valence electrons. The Balaban J connectivity index is 0.901. The summed E-state index contributed by atoms with van der Waals surface area (Å²) in [5.74, 6) is 9.65. The molecule has 6 aliphatic rings. The molecule has 0 unspecified atom stereocenters. The number of hydrogen-bond acceptors (Lipinski definition) is 6. The fourth-order valence-corrected chi connectivity index (χ4v) is 11.8. The second-order valence-corrected chi connectivity index (χ2v) is 17.5. The highest BCUT2D eigenvalue weighted by molar-refractivity contribution is 7.00. The van der Waals surface area contributed by atoms with E-state index in [9.17, 15) is 0 Å². The van der Waals surface area contributed by atoms with Crippen LogP contribution in [0.1, 0.15) is 0 Å². The van der Waals surface area contributed by atoms with Crippen molar-refractivity contribution >= 4 is 89.8 Å². The second kappa shape index (κ2) is 10.9. The maximum absolute atomic E-state index is 6.81. The van der Waals surface area contributed by atoms with Gasteiger partial charge in [0.2, 0.25) is 0 Å². The number of hydrogen-bond donors (Lipinski definition) is 0. The van der Waals surface area contributed by atoms with Crippen molar-refractivity contribution < 1.29 is 28.4 Å². The Morgan fingerprint density at radius 1 is 0.250 bits per heavy atom. The van der Waals surface area contributed by atoms with Gasteiger partial charge in [0, 0.05) is 78.6 Å². The fourth-order valence-electron chi connectivity index (χ4n) is 11.8. The SMILES string of the molecule is c1cc2c3c(c1)Oc1cc(-n4c5ccccc5c5cc6c(cc54)c4ccccc4n6-c4cc5c6c(c4)Oc4cccc7c4B6c4c(cccc4O5)O7)cc4c1B3c1c(cccc1O4)O2. The monoisotopic (exact) mass is 820 g/mol. The summed E-state index contributed by atoms with van der Waals surface area (Å²) in [5.41, 5.74) is 12.5. The average molecular weight is 820 g/mol. The van der Waals surface area contributed by atoms with Crippen LogP contribution in [0.5, 0.6) is 69.0 Å². The van der Waals surface area contributed by atoms with Gasteiger partial charge in [-0.15, -0.1) is 0 Å². The molecule has 0 bridgehead atoms. The largest absolute Gasteiger partial charge is 0.458 e. The van der Waals surface area contributed by atoms with Crippen LogP contribution >= 0.6 is 0 Å². The molecule has 11 aromatic rings. The van der Waals surface area contributed by atoms with Crippen LogP contribution in [0.25, 0.3) is 55.0 Å². The molecular formula is C54H26B2N2O6. The van der Waals surface area contributed by atoms with Gasteiger partial charge >= 0.3 is 0 Å². The highest BCUT2D eigenvalue weighted by Crippen LogP contribution is 2.47. The number of ether oxygens (including phenoxy) is 6. The van der Waals surface area contributed by atoms with Crippen molar-refractivity contribution in [2.45, 2.75) is 0 Å². The highest BCUT2D eigenvalue weighted by Gasteiger charge is 2.48. The molecule has 8 heterocycles. The first-order valence-corrected chi connectivity index (χ1v) is 21.6. The van der Waals surface area contributed by atoms with Gasteiger partial charge in [0.15, 0.2) is 0 Å². The molecule has 0 spiro atoms. The fraction of sp³-hybridized carbons (Fsp3) is 0. The molecule has 0 fully saturated rings. The molecule has 6 aliphatic heterocycles. The molecule has 0 atom stereocenters. The quantitative estimate of drug-likeness (QED) is 0.162. The Kier molecular flexibility index (Phi) is 5.51. The number of fused-ring (bicyclic) bond motifs is 6. The third kappa shape index (κ3) is 3.78. The zero-order valence-electron chi connectivity index (χ0n) is 33.5. The van der Waals surface area contributed by atoms with Crippen molar-refractivity contribution in [3.8, 4) is 80.4 Å². The smallest absolute Gasteiger partial charge is 0.270 e. The van der Waals surface area contributed by atoms with E-state index in [4.69, 9.17) is 28.4 Å². The standard InChI is InChI=1S/C54H26B2N2O6/c1-3-11-33-29(9-1)31-25-36-32(26-35(31)57(33)27-21-45-53-46(22-27)62-42-18-6-14-38-50(42)55(53)49-37(59-38)13-5-17-41(49)61-45)30-10-2-4-12-34(30)58(36)28-23-47-54-48(24-28)64-44-20-8-16-40-52(44)56(54)51-39(60-40)15-7-19-43(51)63-47/h1-26H. The van der Waals surface area contributed by atoms with Crippen molar-refractivity contribution in [2.75, 3.05) is 0 Å². The van der Waals surface area contributed by atoms with Crippen LogP contribution < -0.4 is 61.2 Å². The minimum absolute atomic E-state index is 0.0540. The van der Waals surface area contributed by atoms with Crippen molar-refractivity contribution in [3.63, 3.8) is 0 Å². The molecule has 0 N–H and O–H groups in total.